The number of sulfone groups is 1. The maximum absolute atomic E-state index is 12.5. The van der Waals surface area contributed by atoms with Crippen LogP contribution in [0.2, 0.25) is 0 Å². The molecule has 26 heavy (non-hydrogen) atoms. The van der Waals surface area contributed by atoms with E-state index >= 15 is 0 Å². The van der Waals surface area contributed by atoms with Gasteiger partial charge in [0.05, 0.1) is 30.2 Å². The molecule has 0 spiro atoms. The number of amides is 1. The summed E-state index contributed by atoms with van der Waals surface area (Å²) in [5.74, 6) is -0.343. The van der Waals surface area contributed by atoms with Crippen molar-refractivity contribution in [2.24, 2.45) is 5.73 Å². The van der Waals surface area contributed by atoms with Crippen LogP contribution in [0, 0.1) is 0 Å². The van der Waals surface area contributed by atoms with Crippen molar-refractivity contribution in [1.82, 2.24) is 14.5 Å². The summed E-state index contributed by atoms with van der Waals surface area (Å²) >= 11 is 0. The Morgan fingerprint density at radius 3 is 2.65 bits per heavy atom. The number of hydrogen-bond donors (Lipinski definition) is 1. The molecule has 0 bridgehead atoms. The van der Waals surface area contributed by atoms with Gasteiger partial charge in [0, 0.05) is 6.54 Å². The van der Waals surface area contributed by atoms with Gasteiger partial charge in [0.15, 0.2) is 0 Å². The number of primary amides is 1. The van der Waals surface area contributed by atoms with Gasteiger partial charge in [0.2, 0.25) is 20.9 Å². The molecule has 2 aromatic rings. The molecule has 1 amide bonds. The van der Waals surface area contributed by atoms with Crippen LogP contribution in [-0.4, -0.2) is 47.1 Å². The van der Waals surface area contributed by atoms with Crippen molar-refractivity contribution < 1.29 is 13.2 Å². The van der Waals surface area contributed by atoms with Crippen LogP contribution in [0.3, 0.4) is 0 Å². The summed E-state index contributed by atoms with van der Waals surface area (Å²) in [6.07, 6.45) is 3.24. The molecule has 1 fully saturated rings. The molecule has 1 aliphatic heterocycles. The average molecular weight is 376 g/mol. The Kier molecular flexibility index (Phi) is 5.43. The third kappa shape index (κ3) is 3.81. The summed E-state index contributed by atoms with van der Waals surface area (Å²) in [5.41, 5.74) is 7.27. The third-order valence-corrected chi connectivity index (χ3v) is 6.44. The average Bonchev–Trinajstić information content (AvgIpc) is 3.24. The maximum atomic E-state index is 12.5. The Balaban J connectivity index is 1.96. The van der Waals surface area contributed by atoms with Gasteiger partial charge in [-0.2, -0.15) is 0 Å². The number of benzene rings is 1. The molecule has 1 saturated heterocycles. The quantitative estimate of drug-likeness (QED) is 0.782. The topological polar surface area (TPSA) is 98.3 Å². The van der Waals surface area contributed by atoms with Gasteiger partial charge in [-0.1, -0.05) is 37.3 Å². The first-order chi connectivity index (χ1) is 12.4. The fraction of sp³-hybridized carbons (Fsp3) is 0.444. The van der Waals surface area contributed by atoms with Crippen molar-refractivity contribution >= 4 is 15.7 Å². The minimum absolute atomic E-state index is 0.00807. The highest BCUT2D eigenvalue weighted by Crippen LogP contribution is 2.22. The lowest BCUT2D eigenvalue weighted by atomic mass is 10.2. The number of hydrogen-bond acceptors (Lipinski definition) is 5. The molecule has 2 heterocycles. The zero-order valence-electron chi connectivity index (χ0n) is 14.8. The van der Waals surface area contributed by atoms with E-state index in [4.69, 9.17) is 5.73 Å². The Morgan fingerprint density at radius 2 is 2.00 bits per heavy atom. The van der Waals surface area contributed by atoms with Crippen molar-refractivity contribution in [2.75, 3.05) is 12.3 Å². The van der Waals surface area contributed by atoms with Gasteiger partial charge >= 0.3 is 0 Å². The van der Waals surface area contributed by atoms with Gasteiger partial charge in [-0.15, -0.1) is 0 Å². The number of nitrogens with zero attached hydrogens (tertiary/aromatic N) is 3. The molecule has 0 unspecified atom stereocenters. The van der Waals surface area contributed by atoms with E-state index < -0.39 is 9.84 Å². The van der Waals surface area contributed by atoms with Gasteiger partial charge < -0.3 is 10.3 Å². The summed E-state index contributed by atoms with van der Waals surface area (Å²) < 4.78 is 26.7. The van der Waals surface area contributed by atoms with E-state index in [0.717, 1.165) is 30.6 Å². The van der Waals surface area contributed by atoms with E-state index in [1.54, 1.807) is 17.7 Å². The molecular weight excluding hydrogens is 352 g/mol. The van der Waals surface area contributed by atoms with Crippen LogP contribution in [0.1, 0.15) is 31.0 Å². The third-order valence-electron chi connectivity index (χ3n) is 4.80. The molecule has 140 valence electrons. The van der Waals surface area contributed by atoms with Crippen molar-refractivity contribution in [3.8, 4) is 0 Å². The second-order valence-electron chi connectivity index (χ2n) is 6.54. The Hall–Kier alpha value is -2.19. The summed E-state index contributed by atoms with van der Waals surface area (Å²) in [5, 5.41) is 0.0775. The van der Waals surface area contributed by atoms with Crippen molar-refractivity contribution in [1.29, 1.82) is 0 Å². The van der Waals surface area contributed by atoms with Crippen LogP contribution in [0.4, 0.5) is 0 Å². The van der Waals surface area contributed by atoms with Gasteiger partial charge in [0.1, 0.15) is 0 Å². The predicted molar refractivity (Wildman–Crippen MR) is 98.1 cm³/mol. The van der Waals surface area contributed by atoms with E-state index in [-0.39, 0.29) is 22.9 Å². The molecule has 1 aliphatic rings. The van der Waals surface area contributed by atoms with Crippen molar-refractivity contribution in [3.05, 3.63) is 47.8 Å². The minimum Gasteiger partial charge on any atom is -0.368 e. The standard InChI is InChI=1S/C18H24N4O3S/c1-2-26(24,25)18-20-11-15(13-21-10-6-9-16(21)17(19)23)22(18)12-14-7-4-3-5-8-14/h3-5,7-8,11,16H,2,6,9-10,12-13H2,1H3,(H2,19,23)/t16-/m0/s1. The molecule has 2 N–H and O–H groups in total. The lowest BCUT2D eigenvalue weighted by Crippen LogP contribution is -2.40. The number of nitrogens with two attached hydrogens (primary N) is 1. The Morgan fingerprint density at radius 1 is 1.27 bits per heavy atom. The van der Waals surface area contributed by atoms with Crippen LogP contribution in [0.15, 0.2) is 41.7 Å². The molecule has 0 radical (unpaired) electrons. The molecule has 1 aromatic heterocycles. The number of rotatable bonds is 7. The fourth-order valence-corrected chi connectivity index (χ4v) is 4.37. The Labute approximate surface area is 153 Å². The minimum atomic E-state index is -3.45. The number of imidazole rings is 1. The highest BCUT2D eigenvalue weighted by molar-refractivity contribution is 7.91. The number of aromatic nitrogens is 2. The smallest absolute Gasteiger partial charge is 0.234 e. The molecule has 8 heteroatoms. The first-order valence-corrected chi connectivity index (χ1v) is 10.4. The lowest BCUT2D eigenvalue weighted by molar-refractivity contribution is -0.122. The van der Waals surface area contributed by atoms with E-state index in [2.05, 4.69) is 4.98 Å². The van der Waals surface area contributed by atoms with Gasteiger partial charge in [-0.3, -0.25) is 9.69 Å². The van der Waals surface area contributed by atoms with Gasteiger partial charge in [-0.05, 0) is 24.9 Å². The summed E-state index contributed by atoms with van der Waals surface area (Å²) in [6, 6.07) is 9.36. The lowest BCUT2D eigenvalue weighted by Gasteiger charge is -2.22. The number of likely N-dealkylation sites (tertiary alicyclic amines) is 1. The van der Waals surface area contributed by atoms with E-state index in [1.807, 2.05) is 35.2 Å². The van der Waals surface area contributed by atoms with Crippen LogP contribution in [0.25, 0.3) is 0 Å². The summed E-state index contributed by atoms with van der Waals surface area (Å²) in [6.45, 7) is 3.24. The number of carbonyl (C=O) groups excluding carboxylic acids is 1. The monoisotopic (exact) mass is 376 g/mol. The molecular formula is C18H24N4O3S. The molecule has 0 aliphatic carbocycles. The largest absolute Gasteiger partial charge is 0.368 e. The molecule has 1 atom stereocenters. The van der Waals surface area contributed by atoms with Crippen LogP contribution in [0.5, 0.6) is 0 Å². The second kappa shape index (κ2) is 7.59. The highest BCUT2D eigenvalue weighted by atomic mass is 32.2. The molecule has 0 saturated carbocycles. The maximum Gasteiger partial charge on any atom is 0.234 e. The van der Waals surface area contributed by atoms with Gasteiger partial charge in [-0.25, -0.2) is 13.4 Å². The normalized spacial score (nSPS) is 18.3. The molecule has 1 aromatic carbocycles. The predicted octanol–water partition coefficient (Wildman–Crippen LogP) is 1.17. The summed E-state index contributed by atoms with van der Waals surface area (Å²) in [4.78, 5) is 17.9. The zero-order valence-corrected chi connectivity index (χ0v) is 15.7. The van der Waals surface area contributed by atoms with E-state index in [9.17, 15) is 13.2 Å². The van der Waals surface area contributed by atoms with E-state index in [0.29, 0.717) is 13.1 Å². The summed E-state index contributed by atoms with van der Waals surface area (Å²) in [7, 11) is -3.45. The Bertz CT molecular complexity index is 877. The molecule has 7 nitrogen and oxygen atoms in total. The number of carbonyl (C=O) groups is 1. The first-order valence-electron chi connectivity index (χ1n) is 8.77. The first kappa shape index (κ1) is 18.6. The van der Waals surface area contributed by atoms with Crippen LogP contribution < -0.4 is 5.73 Å². The fourth-order valence-electron chi connectivity index (χ4n) is 3.38. The second-order valence-corrected chi connectivity index (χ2v) is 8.71. The highest BCUT2D eigenvalue weighted by Gasteiger charge is 2.30. The van der Waals surface area contributed by atoms with E-state index in [1.165, 1.54) is 0 Å². The van der Waals surface area contributed by atoms with Crippen LogP contribution in [-0.2, 0) is 27.7 Å². The zero-order chi connectivity index (χ0) is 18.7. The van der Waals surface area contributed by atoms with Crippen molar-refractivity contribution in [2.45, 2.75) is 44.1 Å². The van der Waals surface area contributed by atoms with Crippen molar-refractivity contribution in [3.63, 3.8) is 0 Å². The SMILES string of the molecule is CCS(=O)(=O)c1ncc(CN2CCC[C@H]2C(N)=O)n1Cc1ccccc1. The van der Waals surface area contributed by atoms with Crippen LogP contribution >= 0.6 is 0 Å². The molecule has 3 rings (SSSR count). The van der Waals surface area contributed by atoms with Gasteiger partial charge in [0.25, 0.3) is 0 Å².